The Morgan fingerprint density at radius 3 is 3.12 bits per heavy atom. The number of ether oxygens (including phenoxy) is 1. The van der Waals surface area contributed by atoms with Gasteiger partial charge in [-0.15, -0.1) is 0 Å². The first-order valence-electron chi connectivity index (χ1n) is 5.26. The number of hydrogen-bond acceptors (Lipinski definition) is 5. The topological polar surface area (TPSA) is 50.3 Å². The molecule has 2 heterocycles. The molecule has 0 radical (unpaired) electrons. The quantitative estimate of drug-likeness (QED) is 0.853. The summed E-state index contributed by atoms with van der Waals surface area (Å²) < 4.78 is 5.61. The zero-order valence-corrected chi connectivity index (χ0v) is 9.94. The lowest BCUT2D eigenvalue weighted by Gasteiger charge is -2.30. The van der Waals surface area contributed by atoms with Gasteiger partial charge in [0.2, 0.25) is 0 Å². The molecule has 0 spiro atoms. The van der Waals surface area contributed by atoms with Gasteiger partial charge in [0, 0.05) is 32.0 Å². The van der Waals surface area contributed by atoms with Crippen LogP contribution in [0.2, 0.25) is 5.15 Å². The number of likely N-dealkylation sites (N-methyl/N-ethyl adjacent to an activating group) is 1. The highest BCUT2D eigenvalue weighted by atomic mass is 35.5. The number of anilines is 1. The van der Waals surface area contributed by atoms with Crippen molar-refractivity contribution in [2.24, 2.45) is 0 Å². The van der Waals surface area contributed by atoms with Crippen LogP contribution >= 0.6 is 11.6 Å². The summed E-state index contributed by atoms with van der Waals surface area (Å²) in [6.45, 7) is 3.38. The van der Waals surface area contributed by atoms with E-state index in [-0.39, 0.29) is 6.10 Å². The van der Waals surface area contributed by atoms with E-state index in [1.165, 1.54) is 0 Å². The number of nitrogens with zero attached hydrogens (tertiary/aromatic N) is 3. The second kappa shape index (κ2) is 5.43. The molecule has 6 heteroatoms. The number of halogens is 1. The van der Waals surface area contributed by atoms with Crippen molar-refractivity contribution in [1.82, 2.24) is 14.9 Å². The molecule has 1 saturated heterocycles. The second-order valence-corrected chi connectivity index (χ2v) is 4.19. The SMILES string of the molecule is CN1CCOC(CNc2nccnc2Cl)C1. The lowest BCUT2D eigenvalue weighted by Crippen LogP contribution is -2.43. The zero-order valence-electron chi connectivity index (χ0n) is 9.19. The molecule has 1 aliphatic rings. The van der Waals surface area contributed by atoms with Crippen LogP contribution in [0.5, 0.6) is 0 Å². The molecule has 1 unspecified atom stereocenters. The van der Waals surface area contributed by atoms with Crippen molar-refractivity contribution >= 4 is 17.4 Å². The largest absolute Gasteiger partial charge is 0.374 e. The molecule has 1 N–H and O–H groups in total. The summed E-state index contributed by atoms with van der Waals surface area (Å²) in [5.41, 5.74) is 0. The van der Waals surface area contributed by atoms with Gasteiger partial charge < -0.3 is 15.0 Å². The molecule has 0 saturated carbocycles. The lowest BCUT2D eigenvalue weighted by molar-refractivity contribution is -0.0117. The highest BCUT2D eigenvalue weighted by Crippen LogP contribution is 2.14. The third kappa shape index (κ3) is 3.04. The van der Waals surface area contributed by atoms with E-state index < -0.39 is 0 Å². The van der Waals surface area contributed by atoms with Crippen LogP contribution in [0.15, 0.2) is 12.4 Å². The second-order valence-electron chi connectivity index (χ2n) is 3.83. The van der Waals surface area contributed by atoms with Crippen LogP contribution in [0, 0.1) is 0 Å². The Morgan fingerprint density at radius 1 is 1.56 bits per heavy atom. The van der Waals surface area contributed by atoms with Crippen LogP contribution in [0.3, 0.4) is 0 Å². The van der Waals surface area contributed by atoms with Crippen molar-refractivity contribution in [1.29, 1.82) is 0 Å². The van der Waals surface area contributed by atoms with Crippen LogP contribution in [-0.4, -0.2) is 54.3 Å². The number of nitrogens with one attached hydrogen (secondary N) is 1. The van der Waals surface area contributed by atoms with E-state index >= 15 is 0 Å². The monoisotopic (exact) mass is 242 g/mol. The third-order valence-corrected chi connectivity index (χ3v) is 2.77. The first-order valence-corrected chi connectivity index (χ1v) is 5.64. The van der Waals surface area contributed by atoms with Crippen LogP contribution < -0.4 is 5.32 Å². The lowest BCUT2D eigenvalue weighted by atomic mass is 10.3. The van der Waals surface area contributed by atoms with Gasteiger partial charge in [-0.25, -0.2) is 9.97 Å². The van der Waals surface area contributed by atoms with Gasteiger partial charge in [-0.1, -0.05) is 11.6 Å². The molecular formula is C10H15ClN4O. The molecule has 0 bridgehead atoms. The Hall–Kier alpha value is -0.910. The van der Waals surface area contributed by atoms with Crippen molar-refractivity contribution in [3.05, 3.63) is 17.5 Å². The van der Waals surface area contributed by atoms with Crippen molar-refractivity contribution in [2.75, 3.05) is 38.6 Å². The predicted molar refractivity (Wildman–Crippen MR) is 62.8 cm³/mol. The number of morpholine rings is 1. The van der Waals surface area contributed by atoms with Crippen LogP contribution in [-0.2, 0) is 4.74 Å². The summed E-state index contributed by atoms with van der Waals surface area (Å²) in [6.07, 6.45) is 3.36. The van der Waals surface area contributed by atoms with E-state index in [0.717, 1.165) is 19.7 Å². The minimum absolute atomic E-state index is 0.178. The van der Waals surface area contributed by atoms with Crippen molar-refractivity contribution in [3.8, 4) is 0 Å². The van der Waals surface area contributed by atoms with Crippen molar-refractivity contribution < 1.29 is 4.74 Å². The Balaban J connectivity index is 1.85. The fourth-order valence-electron chi connectivity index (χ4n) is 1.64. The van der Waals surface area contributed by atoms with E-state index in [2.05, 4.69) is 27.2 Å². The van der Waals surface area contributed by atoms with E-state index in [0.29, 0.717) is 17.5 Å². The minimum atomic E-state index is 0.178. The van der Waals surface area contributed by atoms with Gasteiger partial charge >= 0.3 is 0 Å². The van der Waals surface area contributed by atoms with Crippen molar-refractivity contribution in [2.45, 2.75) is 6.10 Å². The summed E-state index contributed by atoms with van der Waals surface area (Å²) >= 11 is 5.88. The van der Waals surface area contributed by atoms with Gasteiger partial charge in [0.1, 0.15) is 0 Å². The van der Waals surface area contributed by atoms with Crippen molar-refractivity contribution in [3.63, 3.8) is 0 Å². The molecule has 1 aromatic heterocycles. The summed E-state index contributed by atoms with van der Waals surface area (Å²) in [5, 5.41) is 3.54. The highest BCUT2D eigenvalue weighted by Gasteiger charge is 2.17. The number of aromatic nitrogens is 2. The number of rotatable bonds is 3. The zero-order chi connectivity index (χ0) is 11.4. The summed E-state index contributed by atoms with van der Waals surface area (Å²) in [5.74, 6) is 0.612. The molecule has 88 valence electrons. The summed E-state index contributed by atoms with van der Waals surface area (Å²) in [4.78, 5) is 10.3. The van der Waals surface area contributed by atoms with E-state index in [1.807, 2.05) is 0 Å². The maximum atomic E-state index is 5.88. The van der Waals surface area contributed by atoms with Crippen LogP contribution in [0.4, 0.5) is 5.82 Å². The normalized spacial score (nSPS) is 22.0. The van der Waals surface area contributed by atoms with E-state index in [4.69, 9.17) is 16.3 Å². The molecular weight excluding hydrogens is 228 g/mol. The first kappa shape index (κ1) is 11.6. The fourth-order valence-corrected chi connectivity index (χ4v) is 1.81. The summed E-state index contributed by atoms with van der Waals surface area (Å²) in [6, 6.07) is 0. The Bertz CT molecular complexity index is 349. The summed E-state index contributed by atoms with van der Waals surface area (Å²) in [7, 11) is 2.09. The van der Waals surface area contributed by atoms with Crippen LogP contribution in [0.25, 0.3) is 0 Å². The first-order chi connectivity index (χ1) is 7.75. The van der Waals surface area contributed by atoms with Gasteiger partial charge in [-0.3, -0.25) is 0 Å². The fraction of sp³-hybridized carbons (Fsp3) is 0.600. The Kier molecular flexibility index (Phi) is 3.93. The number of hydrogen-bond donors (Lipinski definition) is 1. The van der Waals surface area contributed by atoms with Gasteiger partial charge in [-0.05, 0) is 7.05 Å². The molecule has 1 atom stereocenters. The third-order valence-electron chi connectivity index (χ3n) is 2.49. The predicted octanol–water partition coefficient (Wildman–Crippen LogP) is 0.872. The van der Waals surface area contributed by atoms with E-state index in [9.17, 15) is 0 Å². The standard InChI is InChI=1S/C10H15ClN4O/c1-15-4-5-16-8(7-15)6-14-10-9(11)12-2-3-13-10/h2-3,8H,4-7H2,1H3,(H,13,14). The van der Waals surface area contributed by atoms with Gasteiger partial charge in [0.25, 0.3) is 0 Å². The maximum Gasteiger partial charge on any atom is 0.171 e. The van der Waals surface area contributed by atoms with Gasteiger partial charge in [-0.2, -0.15) is 0 Å². The molecule has 16 heavy (non-hydrogen) atoms. The van der Waals surface area contributed by atoms with Gasteiger partial charge in [0.05, 0.1) is 12.7 Å². The molecule has 0 aliphatic carbocycles. The molecule has 0 aromatic carbocycles. The Labute approximate surface area is 99.8 Å². The average molecular weight is 243 g/mol. The molecule has 5 nitrogen and oxygen atoms in total. The smallest absolute Gasteiger partial charge is 0.171 e. The minimum Gasteiger partial charge on any atom is -0.374 e. The highest BCUT2D eigenvalue weighted by molar-refractivity contribution is 6.31. The Morgan fingerprint density at radius 2 is 2.38 bits per heavy atom. The molecule has 1 aliphatic heterocycles. The maximum absolute atomic E-state index is 5.88. The van der Waals surface area contributed by atoms with Crippen LogP contribution in [0.1, 0.15) is 0 Å². The molecule has 1 fully saturated rings. The molecule has 1 aromatic rings. The molecule has 2 rings (SSSR count). The van der Waals surface area contributed by atoms with Gasteiger partial charge in [0.15, 0.2) is 11.0 Å². The molecule has 0 amide bonds. The average Bonchev–Trinajstić information content (AvgIpc) is 2.28. The van der Waals surface area contributed by atoms with E-state index in [1.54, 1.807) is 12.4 Å².